The molecule has 0 bridgehead atoms. The van der Waals surface area contributed by atoms with E-state index in [4.69, 9.17) is 16.7 Å². The minimum Gasteiger partial charge on any atom is -0.481 e. The molecule has 1 aliphatic heterocycles. The lowest BCUT2D eigenvalue weighted by Crippen LogP contribution is -2.37. The largest absolute Gasteiger partial charge is 0.481 e. The molecule has 1 amide bonds. The van der Waals surface area contributed by atoms with Crippen molar-refractivity contribution in [2.45, 2.75) is 31.8 Å². The first-order valence-electron chi connectivity index (χ1n) is 8.42. The Kier molecular flexibility index (Phi) is 5.42. The Morgan fingerprint density at radius 1 is 1.19 bits per heavy atom. The van der Waals surface area contributed by atoms with Gasteiger partial charge in [-0.15, -0.1) is 0 Å². The van der Waals surface area contributed by atoms with E-state index in [-0.39, 0.29) is 30.5 Å². The van der Waals surface area contributed by atoms with E-state index >= 15 is 0 Å². The summed E-state index contributed by atoms with van der Waals surface area (Å²) in [4.78, 5) is 37.6. The number of aromatic nitrogens is 1. The summed E-state index contributed by atoms with van der Waals surface area (Å²) in [6.45, 7) is 0.790. The second kappa shape index (κ2) is 7.74. The van der Waals surface area contributed by atoms with Crippen molar-refractivity contribution >= 4 is 23.5 Å². The van der Waals surface area contributed by atoms with E-state index in [1.165, 1.54) is 22.9 Å². The monoisotopic (exact) mass is 374 g/mol. The minimum atomic E-state index is -0.918. The van der Waals surface area contributed by atoms with Gasteiger partial charge in [0.1, 0.15) is 0 Å². The Morgan fingerprint density at radius 2 is 1.96 bits per heavy atom. The number of carboxylic acids is 1. The predicted octanol–water partition coefficient (Wildman–Crippen LogP) is 2.63. The third-order valence-corrected chi connectivity index (χ3v) is 4.95. The molecule has 2 heterocycles. The Labute approximate surface area is 155 Å². The van der Waals surface area contributed by atoms with Crippen LogP contribution in [0.25, 0.3) is 0 Å². The van der Waals surface area contributed by atoms with Crippen molar-refractivity contribution in [3.63, 3.8) is 0 Å². The highest BCUT2D eigenvalue weighted by atomic mass is 35.5. The fourth-order valence-corrected chi connectivity index (χ4v) is 3.47. The third kappa shape index (κ3) is 3.96. The molecule has 0 spiro atoms. The molecule has 0 radical (unpaired) electrons. The van der Waals surface area contributed by atoms with Crippen molar-refractivity contribution in [2.24, 2.45) is 0 Å². The van der Waals surface area contributed by atoms with Gasteiger partial charge in [0.15, 0.2) is 0 Å². The van der Waals surface area contributed by atoms with Crippen molar-refractivity contribution < 1.29 is 14.7 Å². The number of benzene rings is 1. The highest BCUT2D eigenvalue weighted by Gasteiger charge is 2.31. The minimum absolute atomic E-state index is 0.0645. The van der Waals surface area contributed by atoms with Gasteiger partial charge >= 0.3 is 5.97 Å². The third-order valence-electron chi connectivity index (χ3n) is 4.58. The van der Waals surface area contributed by atoms with E-state index in [1.54, 1.807) is 11.0 Å². The van der Waals surface area contributed by atoms with E-state index in [2.05, 4.69) is 0 Å². The number of amides is 1. The predicted molar refractivity (Wildman–Crippen MR) is 97.6 cm³/mol. The van der Waals surface area contributed by atoms with Crippen molar-refractivity contribution in [1.29, 1.82) is 0 Å². The number of carbonyl (C=O) groups is 2. The Hall–Kier alpha value is -2.60. The first-order chi connectivity index (χ1) is 12.5. The highest BCUT2D eigenvalue weighted by molar-refractivity contribution is 6.31. The van der Waals surface area contributed by atoms with Gasteiger partial charge < -0.3 is 14.6 Å². The molecule has 1 saturated heterocycles. The lowest BCUT2D eigenvalue weighted by molar-refractivity contribution is -0.137. The number of hydrogen-bond donors (Lipinski definition) is 1. The number of hydrogen-bond acceptors (Lipinski definition) is 3. The molecule has 3 rings (SSSR count). The average molecular weight is 375 g/mol. The average Bonchev–Trinajstić information content (AvgIpc) is 3.05. The molecule has 2 aromatic rings. The molecule has 1 fully saturated rings. The summed E-state index contributed by atoms with van der Waals surface area (Å²) >= 11 is 6.15. The van der Waals surface area contributed by atoms with Crippen molar-refractivity contribution in [2.75, 3.05) is 6.54 Å². The van der Waals surface area contributed by atoms with Crippen LogP contribution < -0.4 is 5.56 Å². The number of carbonyl (C=O) groups excluding carboxylic acids is 1. The van der Waals surface area contributed by atoms with E-state index in [9.17, 15) is 14.4 Å². The smallest absolute Gasteiger partial charge is 0.305 e. The highest BCUT2D eigenvalue weighted by Crippen LogP contribution is 2.22. The van der Waals surface area contributed by atoms with Crippen molar-refractivity contribution in [3.8, 4) is 0 Å². The fourth-order valence-electron chi connectivity index (χ4n) is 3.27. The van der Waals surface area contributed by atoms with Gasteiger partial charge in [0, 0.05) is 29.9 Å². The summed E-state index contributed by atoms with van der Waals surface area (Å²) in [6.07, 6.45) is 2.91. The molecular formula is C19H19ClN2O4. The second-order valence-corrected chi connectivity index (χ2v) is 6.77. The lowest BCUT2D eigenvalue weighted by Gasteiger charge is -2.23. The molecule has 0 saturated carbocycles. The summed E-state index contributed by atoms with van der Waals surface area (Å²) < 4.78 is 1.44. The maximum absolute atomic E-state index is 12.8. The number of nitrogens with zero attached hydrogens (tertiary/aromatic N) is 2. The van der Waals surface area contributed by atoms with Gasteiger partial charge in [0.25, 0.3) is 11.5 Å². The van der Waals surface area contributed by atoms with Gasteiger partial charge in [-0.3, -0.25) is 14.4 Å². The summed E-state index contributed by atoms with van der Waals surface area (Å²) in [6, 6.07) is 9.76. The Balaban J connectivity index is 1.85. The van der Waals surface area contributed by atoms with Crippen LogP contribution in [0.4, 0.5) is 0 Å². The zero-order chi connectivity index (χ0) is 18.7. The molecule has 7 heteroatoms. The summed E-state index contributed by atoms with van der Waals surface area (Å²) in [5.74, 6) is -1.17. The molecule has 136 valence electrons. The van der Waals surface area contributed by atoms with Crippen LogP contribution in [-0.2, 0) is 11.3 Å². The number of pyridine rings is 1. The summed E-state index contributed by atoms with van der Waals surface area (Å²) in [5, 5.41) is 9.57. The topological polar surface area (TPSA) is 79.6 Å². The first-order valence-corrected chi connectivity index (χ1v) is 8.80. The van der Waals surface area contributed by atoms with Crippen LogP contribution >= 0.6 is 11.6 Å². The first kappa shape index (κ1) is 18.2. The quantitative estimate of drug-likeness (QED) is 0.872. The van der Waals surface area contributed by atoms with Gasteiger partial charge in [0.05, 0.1) is 18.5 Å². The van der Waals surface area contributed by atoms with Gasteiger partial charge in [0.2, 0.25) is 0 Å². The van der Waals surface area contributed by atoms with E-state index in [0.29, 0.717) is 23.6 Å². The number of aliphatic carboxylic acids is 1. The molecule has 1 N–H and O–H groups in total. The lowest BCUT2D eigenvalue weighted by atomic mass is 10.1. The number of rotatable bonds is 5. The molecule has 1 unspecified atom stereocenters. The summed E-state index contributed by atoms with van der Waals surface area (Å²) in [5.41, 5.74) is 0.921. The molecule has 26 heavy (non-hydrogen) atoms. The summed E-state index contributed by atoms with van der Waals surface area (Å²) in [7, 11) is 0. The van der Waals surface area contributed by atoms with Crippen LogP contribution in [0, 0.1) is 0 Å². The molecule has 1 atom stereocenters. The van der Waals surface area contributed by atoms with Gasteiger partial charge in [-0.25, -0.2) is 0 Å². The molecular weight excluding hydrogens is 356 g/mol. The Bertz CT molecular complexity index is 893. The van der Waals surface area contributed by atoms with E-state index in [1.807, 2.05) is 18.2 Å². The van der Waals surface area contributed by atoms with Gasteiger partial charge in [-0.2, -0.15) is 0 Å². The molecule has 1 aliphatic rings. The van der Waals surface area contributed by atoms with Crippen LogP contribution in [0.3, 0.4) is 0 Å². The number of likely N-dealkylation sites (tertiary alicyclic amines) is 1. The van der Waals surface area contributed by atoms with E-state index in [0.717, 1.165) is 12.0 Å². The molecule has 1 aromatic heterocycles. The number of carboxylic acid groups (broad SMARTS) is 1. The maximum atomic E-state index is 12.8. The van der Waals surface area contributed by atoms with Gasteiger partial charge in [-0.1, -0.05) is 29.8 Å². The molecule has 0 aliphatic carbocycles. The van der Waals surface area contributed by atoms with Crippen LogP contribution in [0.2, 0.25) is 5.02 Å². The molecule has 1 aromatic carbocycles. The van der Waals surface area contributed by atoms with Crippen molar-refractivity contribution in [1.82, 2.24) is 9.47 Å². The maximum Gasteiger partial charge on any atom is 0.305 e. The van der Waals surface area contributed by atoms with Crippen LogP contribution in [0.15, 0.2) is 47.4 Å². The standard InChI is InChI=1S/C19H19ClN2O4/c20-16-6-2-1-4-13(16)11-21-12-14(7-8-17(21)23)19(26)22-9-3-5-15(22)10-18(24)25/h1-2,4,6-8,12,15H,3,5,9-11H2,(H,24,25). The molecule has 6 nitrogen and oxygen atoms in total. The van der Waals surface area contributed by atoms with Crippen LogP contribution in [0.5, 0.6) is 0 Å². The van der Waals surface area contributed by atoms with E-state index < -0.39 is 5.97 Å². The zero-order valence-corrected chi connectivity index (χ0v) is 14.9. The number of halogens is 1. The zero-order valence-electron chi connectivity index (χ0n) is 14.1. The second-order valence-electron chi connectivity index (χ2n) is 6.37. The van der Waals surface area contributed by atoms with Crippen LogP contribution in [0.1, 0.15) is 35.2 Å². The SMILES string of the molecule is O=C(O)CC1CCCN1C(=O)c1ccc(=O)n(Cc2ccccc2Cl)c1. The van der Waals surface area contributed by atoms with Gasteiger partial charge in [-0.05, 0) is 30.5 Å². The van der Waals surface area contributed by atoms with Crippen LogP contribution in [-0.4, -0.2) is 39.0 Å². The van der Waals surface area contributed by atoms with Crippen molar-refractivity contribution in [3.05, 3.63) is 69.1 Å². The normalized spacial score (nSPS) is 16.7. The Morgan fingerprint density at radius 3 is 2.69 bits per heavy atom. The fraction of sp³-hybridized carbons (Fsp3) is 0.316.